The molecule has 2 rings (SSSR count). The van der Waals surface area contributed by atoms with Crippen molar-refractivity contribution in [2.24, 2.45) is 0 Å². The van der Waals surface area contributed by atoms with Gasteiger partial charge >= 0.3 is 5.76 Å². The molecule has 0 saturated carbocycles. The van der Waals surface area contributed by atoms with Crippen LogP contribution in [0, 0.1) is 0 Å². The number of amides is 1. The van der Waals surface area contributed by atoms with Crippen LogP contribution >= 0.6 is 0 Å². The molecule has 5 nitrogen and oxygen atoms in total. The van der Waals surface area contributed by atoms with E-state index in [1.54, 1.807) is 7.11 Å². The van der Waals surface area contributed by atoms with Crippen molar-refractivity contribution in [2.45, 2.75) is 17.1 Å². The summed E-state index contributed by atoms with van der Waals surface area (Å²) in [5.74, 6) is -3.15. The van der Waals surface area contributed by atoms with Crippen molar-refractivity contribution >= 4 is 15.7 Å². The summed E-state index contributed by atoms with van der Waals surface area (Å²) in [6, 6.07) is 11.8. The number of sulfone groups is 1. The molecule has 0 heterocycles. The fourth-order valence-electron chi connectivity index (χ4n) is 2.11. The van der Waals surface area contributed by atoms with Crippen molar-refractivity contribution < 1.29 is 26.7 Å². The smallest absolute Gasteiger partial charge is 0.341 e. The third-order valence-electron chi connectivity index (χ3n) is 3.54. The molecule has 0 aliphatic carbocycles. The number of halogens is 2. The number of hydrogen-bond acceptors (Lipinski definition) is 4. The minimum Gasteiger partial charge on any atom is -0.497 e. The van der Waals surface area contributed by atoms with Gasteiger partial charge in [-0.25, -0.2) is 8.42 Å². The molecule has 134 valence electrons. The number of carbonyl (C=O) groups excluding carboxylic acids is 1. The quantitative estimate of drug-likeness (QED) is 0.814. The monoisotopic (exact) mass is 369 g/mol. The maximum absolute atomic E-state index is 12.5. The highest BCUT2D eigenvalue weighted by Gasteiger charge is 2.26. The van der Waals surface area contributed by atoms with E-state index in [9.17, 15) is 22.0 Å². The van der Waals surface area contributed by atoms with Gasteiger partial charge in [0, 0.05) is 12.1 Å². The van der Waals surface area contributed by atoms with Crippen molar-refractivity contribution in [3.05, 3.63) is 59.7 Å². The van der Waals surface area contributed by atoms with Gasteiger partial charge in [0.25, 0.3) is 5.91 Å². The van der Waals surface area contributed by atoms with Gasteiger partial charge in [0.05, 0.1) is 12.0 Å². The second-order valence-corrected chi connectivity index (χ2v) is 7.10. The predicted molar refractivity (Wildman–Crippen MR) is 88.7 cm³/mol. The van der Waals surface area contributed by atoms with E-state index >= 15 is 0 Å². The van der Waals surface area contributed by atoms with Crippen LogP contribution in [0.3, 0.4) is 0 Å². The molecule has 1 amide bonds. The summed E-state index contributed by atoms with van der Waals surface area (Å²) in [5, 5.41) is 2.69. The molecule has 0 aromatic heterocycles. The second-order valence-electron chi connectivity index (χ2n) is 5.18. The molecule has 0 atom stereocenters. The van der Waals surface area contributed by atoms with E-state index in [0.717, 1.165) is 23.4 Å². The molecule has 25 heavy (non-hydrogen) atoms. The summed E-state index contributed by atoms with van der Waals surface area (Å²) < 4.78 is 52.6. The van der Waals surface area contributed by atoms with Crippen LogP contribution in [-0.2, 0) is 16.3 Å². The van der Waals surface area contributed by atoms with Crippen LogP contribution < -0.4 is 10.1 Å². The SMILES string of the molecule is COc1ccc(CCNC(=O)c2ccc(S(=O)(=O)C(F)F)cc2)cc1. The Labute approximate surface area is 144 Å². The molecule has 0 aliphatic rings. The van der Waals surface area contributed by atoms with Crippen LogP contribution in [0.5, 0.6) is 5.75 Å². The Hall–Kier alpha value is -2.48. The number of benzene rings is 2. The summed E-state index contributed by atoms with van der Waals surface area (Å²) in [6.07, 6.45) is 0.605. The largest absolute Gasteiger partial charge is 0.497 e. The average Bonchev–Trinajstić information content (AvgIpc) is 2.62. The zero-order valence-electron chi connectivity index (χ0n) is 13.4. The summed E-state index contributed by atoms with van der Waals surface area (Å²) >= 11 is 0. The molecule has 2 aromatic rings. The zero-order chi connectivity index (χ0) is 18.4. The van der Waals surface area contributed by atoms with Gasteiger partial charge in [0.2, 0.25) is 9.84 Å². The molecule has 0 aliphatic heterocycles. The van der Waals surface area contributed by atoms with Crippen LogP contribution in [0.4, 0.5) is 8.78 Å². The fraction of sp³-hybridized carbons (Fsp3) is 0.235. The molecule has 8 heteroatoms. The van der Waals surface area contributed by atoms with Gasteiger partial charge in [0.1, 0.15) is 5.75 Å². The van der Waals surface area contributed by atoms with Gasteiger partial charge in [-0.3, -0.25) is 4.79 Å². The Morgan fingerprint density at radius 2 is 1.68 bits per heavy atom. The number of nitrogens with one attached hydrogen (secondary N) is 1. The van der Waals surface area contributed by atoms with Gasteiger partial charge in [-0.2, -0.15) is 8.78 Å². The lowest BCUT2D eigenvalue weighted by Crippen LogP contribution is -2.25. The second kappa shape index (κ2) is 8.06. The van der Waals surface area contributed by atoms with Crippen molar-refractivity contribution in [3.8, 4) is 5.75 Å². The molecule has 2 aromatic carbocycles. The minimum absolute atomic E-state index is 0.197. The molecule has 0 radical (unpaired) electrons. The van der Waals surface area contributed by atoms with Gasteiger partial charge in [-0.1, -0.05) is 12.1 Å². The number of carbonyl (C=O) groups is 1. The number of hydrogen-bond donors (Lipinski definition) is 1. The first-order valence-corrected chi connectivity index (χ1v) is 8.92. The van der Waals surface area contributed by atoms with Gasteiger partial charge in [-0.15, -0.1) is 0 Å². The highest BCUT2D eigenvalue weighted by atomic mass is 32.2. The van der Waals surface area contributed by atoms with Gasteiger partial charge < -0.3 is 10.1 Å². The lowest BCUT2D eigenvalue weighted by atomic mass is 10.1. The average molecular weight is 369 g/mol. The first-order valence-electron chi connectivity index (χ1n) is 7.38. The minimum atomic E-state index is -4.65. The number of alkyl halides is 2. The molecule has 0 fully saturated rings. The van der Waals surface area contributed by atoms with E-state index in [0.29, 0.717) is 13.0 Å². The van der Waals surface area contributed by atoms with E-state index in [1.165, 1.54) is 12.1 Å². The molecule has 0 bridgehead atoms. The molecular weight excluding hydrogens is 352 g/mol. The number of methoxy groups -OCH3 is 1. The maximum atomic E-state index is 12.5. The van der Waals surface area contributed by atoms with E-state index in [2.05, 4.69) is 5.32 Å². The normalized spacial score (nSPS) is 11.4. The summed E-state index contributed by atoms with van der Waals surface area (Å²) in [7, 11) is -3.08. The van der Waals surface area contributed by atoms with Crippen molar-refractivity contribution in [1.29, 1.82) is 0 Å². The Kier molecular flexibility index (Phi) is 6.08. The van der Waals surface area contributed by atoms with Crippen LogP contribution in [0.15, 0.2) is 53.4 Å². The van der Waals surface area contributed by atoms with Crippen LogP contribution in [0.25, 0.3) is 0 Å². The van der Waals surface area contributed by atoms with E-state index in [-0.39, 0.29) is 5.56 Å². The van der Waals surface area contributed by atoms with Crippen LogP contribution in [0.1, 0.15) is 15.9 Å². The summed E-state index contributed by atoms with van der Waals surface area (Å²) in [6.45, 7) is 0.377. The third-order valence-corrected chi connectivity index (χ3v) is 4.94. The Balaban J connectivity index is 1.92. The van der Waals surface area contributed by atoms with Crippen LogP contribution in [0.2, 0.25) is 0 Å². The van der Waals surface area contributed by atoms with Crippen molar-refractivity contribution in [2.75, 3.05) is 13.7 Å². The van der Waals surface area contributed by atoms with E-state index in [1.807, 2.05) is 24.3 Å². The summed E-state index contributed by atoms with van der Waals surface area (Å²) in [5.41, 5.74) is 1.21. The molecular formula is C17H17F2NO4S. The first-order chi connectivity index (χ1) is 11.8. The molecule has 0 spiro atoms. The first kappa shape index (κ1) is 18.9. The third kappa shape index (κ3) is 4.76. The number of ether oxygens (including phenoxy) is 1. The predicted octanol–water partition coefficient (Wildman–Crippen LogP) is 2.66. The van der Waals surface area contributed by atoms with Crippen molar-refractivity contribution in [3.63, 3.8) is 0 Å². The highest BCUT2D eigenvalue weighted by molar-refractivity contribution is 7.91. The molecule has 1 N–H and O–H groups in total. The number of rotatable bonds is 7. The molecule has 0 unspecified atom stereocenters. The Morgan fingerprint density at radius 3 is 2.20 bits per heavy atom. The maximum Gasteiger partial charge on any atom is 0.341 e. The van der Waals surface area contributed by atoms with Crippen molar-refractivity contribution in [1.82, 2.24) is 5.32 Å². The van der Waals surface area contributed by atoms with Gasteiger partial charge in [0.15, 0.2) is 0 Å². The Morgan fingerprint density at radius 1 is 1.08 bits per heavy atom. The Bertz CT molecular complexity index is 819. The standard InChI is InChI=1S/C17H17F2NO4S/c1-24-14-6-2-12(3-7-14)10-11-20-16(21)13-4-8-15(9-5-13)25(22,23)17(18)19/h2-9,17H,10-11H2,1H3,(H,20,21). The lowest BCUT2D eigenvalue weighted by molar-refractivity contribution is 0.0954. The van der Waals surface area contributed by atoms with Crippen LogP contribution in [-0.4, -0.2) is 33.7 Å². The highest BCUT2D eigenvalue weighted by Crippen LogP contribution is 2.18. The topological polar surface area (TPSA) is 72.5 Å². The lowest BCUT2D eigenvalue weighted by Gasteiger charge is -2.07. The van der Waals surface area contributed by atoms with E-state index < -0.39 is 26.4 Å². The fourth-order valence-corrected chi connectivity index (χ4v) is 2.83. The zero-order valence-corrected chi connectivity index (χ0v) is 14.2. The summed E-state index contributed by atoms with van der Waals surface area (Å²) in [4.78, 5) is 11.5. The van der Waals surface area contributed by atoms with E-state index in [4.69, 9.17) is 4.74 Å². The van der Waals surface area contributed by atoms with Gasteiger partial charge in [-0.05, 0) is 48.4 Å². The molecule has 0 saturated heterocycles.